The summed E-state index contributed by atoms with van der Waals surface area (Å²) in [5.41, 5.74) is 2.82. The number of carbonyl (C=O) groups excluding carboxylic acids is 1. The van der Waals surface area contributed by atoms with Crippen LogP contribution in [0.15, 0.2) is 76.7 Å². The van der Waals surface area contributed by atoms with Crippen LogP contribution in [0.1, 0.15) is 11.1 Å². The molecule has 0 spiro atoms. The topological polar surface area (TPSA) is 78.8 Å². The highest BCUT2D eigenvalue weighted by molar-refractivity contribution is 7.89. The summed E-state index contributed by atoms with van der Waals surface area (Å²) in [6.07, 6.45) is 1.04. The van der Waals surface area contributed by atoms with Gasteiger partial charge in [-0.25, -0.2) is 18.2 Å². The highest BCUT2D eigenvalue weighted by Gasteiger charge is 2.29. The van der Waals surface area contributed by atoms with Crippen LogP contribution < -0.4 is 5.43 Å². The summed E-state index contributed by atoms with van der Waals surface area (Å²) < 4.78 is 41.4. The Morgan fingerprint density at radius 1 is 1.00 bits per heavy atom. The predicted molar refractivity (Wildman–Crippen MR) is 128 cm³/mol. The van der Waals surface area contributed by atoms with Gasteiger partial charge in [0.2, 0.25) is 10.0 Å². The molecule has 0 aliphatic heterocycles. The van der Waals surface area contributed by atoms with E-state index in [4.69, 9.17) is 34.8 Å². The Morgan fingerprint density at radius 3 is 2.42 bits per heavy atom. The van der Waals surface area contributed by atoms with E-state index >= 15 is 0 Å². The smallest absolute Gasteiger partial charge is 0.255 e. The van der Waals surface area contributed by atoms with Crippen LogP contribution in [0.25, 0.3) is 0 Å². The number of nitrogens with one attached hydrogen (secondary N) is 1. The minimum absolute atomic E-state index is 0.0149. The zero-order valence-electron chi connectivity index (χ0n) is 16.9. The van der Waals surface area contributed by atoms with E-state index in [1.807, 2.05) is 0 Å². The molecular weight excluding hydrogens is 512 g/mol. The summed E-state index contributed by atoms with van der Waals surface area (Å²) in [5, 5.41) is 3.94. The normalized spacial score (nSPS) is 11.8. The second-order valence-electron chi connectivity index (χ2n) is 6.76. The van der Waals surface area contributed by atoms with Gasteiger partial charge in [-0.2, -0.15) is 9.41 Å². The van der Waals surface area contributed by atoms with Gasteiger partial charge in [0.1, 0.15) is 10.7 Å². The zero-order valence-corrected chi connectivity index (χ0v) is 20.0. The molecule has 3 aromatic rings. The molecule has 0 aliphatic carbocycles. The molecule has 0 saturated carbocycles. The first-order chi connectivity index (χ1) is 15.7. The van der Waals surface area contributed by atoms with Crippen molar-refractivity contribution in [2.45, 2.75) is 11.4 Å². The van der Waals surface area contributed by atoms with Gasteiger partial charge in [-0.1, -0.05) is 71.2 Å². The van der Waals surface area contributed by atoms with Crippen molar-refractivity contribution in [1.29, 1.82) is 0 Å². The number of rotatable bonds is 8. The fourth-order valence-electron chi connectivity index (χ4n) is 2.83. The molecule has 33 heavy (non-hydrogen) atoms. The highest BCUT2D eigenvalue weighted by atomic mass is 35.5. The van der Waals surface area contributed by atoms with Crippen molar-refractivity contribution in [3.63, 3.8) is 0 Å². The van der Waals surface area contributed by atoms with Crippen LogP contribution in [0.4, 0.5) is 4.39 Å². The molecule has 0 bridgehead atoms. The Morgan fingerprint density at radius 2 is 1.73 bits per heavy atom. The fourth-order valence-corrected chi connectivity index (χ4v) is 5.16. The average Bonchev–Trinajstić information content (AvgIpc) is 2.77. The summed E-state index contributed by atoms with van der Waals surface area (Å²) in [4.78, 5) is 12.3. The minimum atomic E-state index is -4.22. The van der Waals surface area contributed by atoms with Crippen LogP contribution in [0.3, 0.4) is 0 Å². The molecule has 3 rings (SSSR count). The molecule has 11 heteroatoms. The SMILES string of the molecule is O=C(CN(Cc1ccccc1)S(=O)(=O)c1cc(Cl)ccc1Cl)N/N=C/c1c(F)cccc1Cl. The highest BCUT2D eigenvalue weighted by Crippen LogP contribution is 2.28. The summed E-state index contributed by atoms with van der Waals surface area (Å²) in [5.74, 6) is -1.37. The van der Waals surface area contributed by atoms with E-state index in [9.17, 15) is 17.6 Å². The van der Waals surface area contributed by atoms with E-state index in [1.54, 1.807) is 30.3 Å². The first-order valence-electron chi connectivity index (χ1n) is 9.43. The summed E-state index contributed by atoms with van der Waals surface area (Å²) >= 11 is 18.0. The lowest BCUT2D eigenvalue weighted by Gasteiger charge is -2.22. The maximum Gasteiger partial charge on any atom is 0.255 e. The van der Waals surface area contributed by atoms with E-state index in [0.29, 0.717) is 5.56 Å². The number of benzene rings is 3. The van der Waals surface area contributed by atoms with E-state index in [2.05, 4.69) is 10.5 Å². The van der Waals surface area contributed by atoms with Crippen molar-refractivity contribution in [1.82, 2.24) is 9.73 Å². The van der Waals surface area contributed by atoms with Crippen molar-refractivity contribution in [2.24, 2.45) is 5.10 Å². The van der Waals surface area contributed by atoms with Crippen LogP contribution >= 0.6 is 34.8 Å². The molecule has 0 fully saturated rings. The molecule has 172 valence electrons. The van der Waals surface area contributed by atoms with Crippen LogP contribution in [-0.2, 0) is 21.4 Å². The number of sulfonamides is 1. The van der Waals surface area contributed by atoms with Crippen molar-refractivity contribution in [2.75, 3.05) is 6.54 Å². The molecule has 3 aromatic carbocycles. The Balaban J connectivity index is 1.84. The number of nitrogens with zero attached hydrogens (tertiary/aromatic N) is 2. The average molecular weight is 529 g/mol. The molecule has 0 aromatic heterocycles. The third-order valence-corrected chi connectivity index (χ3v) is 7.25. The maximum absolute atomic E-state index is 13.8. The quantitative estimate of drug-likeness (QED) is 0.325. The van der Waals surface area contributed by atoms with E-state index < -0.39 is 28.3 Å². The largest absolute Gasteiger partial charge is 0.272 e. The van der Waals surface area contributed by atoms with Crippen molar-refractivity contribution < 1.29 is 17.6 Å². The molecule has 0 saturated heterocycles. The number of hydrogen-bond donors (Lipinski definition) is 1. The lowest BCUT2D eigenvalue weighted by atomic mass is 10.2. The van der Waals surface area contributed by atoms with Gasteiger partial charge in [-0.15, -0.1) is 0 Å². The zero-order chi connectivity index (χ0) is 24.0. The second kappa shape index (κ2) is 11.1. The van der Waals surface area contributed by atoms with Crippen molar-refractivity contribution >= 4 is 56.9 Å². The van der Waals surface area contributed by atoms with Gasteiger partial charge < -0.3 is 0 Å². The molecule has 0 unspecified atom stereocenters. The van der Waals surface area contributed by atoms with E-state index in [0.717, 1.165) is 10.5 Å². The predicted octanol–water partition coefficient (Wildman–Crippen LogP) is 5.13. The maximum atomic E-state index is 13.8. The number of amides is 1. The molecule has 0 atom stereocenters. The Hall–Kier alpha value is -2.49. The number of halogens is 4. The lowest BCUT2D eigenvalue weighted by molar-refractivity contribution is -0.121. The summed E-state index contributed by atoms with van der Waals surface area (Å²) in [7, 11) is -4.22. The fraction of sp³-hybridized carbons (Fsp3) is 0.0909. The molecule has 1 amide bonds. The number of carbonyl (C=O) groups is 1. The lowest BCUT2D eigenvalue weighted by Crippen LogP contribution is -2.39. The Kier molecular flexibility index (Phi) is 8.45. The number of hydrazone groups is 1. The Bertz CT molecular complexity index is 1270. The molecular formula is C22H17Cl3FN3O3S. The third kappa shape index (κ3) is 6.52. The van der Waals surface area contributed by atoms with Gasteiger partial charge in [-0.05, 0) is 35.9 Å². The van der Waals surface area contributed by atoms with E-state index in [1.165, 1.54) is 36.4 Å². The third-order valence-electron chi connectivity index (χ3n) is 4.42. The first-order valence-corrected chi connectivity index (χ1v) is 12.0. The van der Waals surface area contributed by atoms with Crippen molar-refractivity contribution in [3.05, 3.63) is 98.7 Å². The summed E-state index contributed by atoms with van der Waals surface area (Å²) in [6.45, 7) is -0.690. The number of hydrogen-bond acceptors (Lipinski definition) is 4. The minimum Gasteiger partial charge on any atom is -0.272 e. The van der Waals surface area contributed by atoms with Gasteiger partial charge in [0.05, 0.1) is 22.8 Å². The van der Waals surface area contributed by atoms with Crippen LogP contribution in [0.5, 0.6) is 0 Å². The van der Waals surface area contributed by atoms with Crippen LogP contribution in [-0.4, -0.2) is 31.4 Å². The first kappa shape index (κ1) is 25.1. The monoisotopic (exact) mass is 527 g/mol. The Labute approximate surface area is 205 Å². The summed E-state index contributed by atoms with van der Waals surface area (Å²) in [6, 6.07) is 16.8. The molecule has 0 heterocycles. The van der Waals surface area contributed by atoms with Gasteiger partial charge in [0, 0.05) is 17.1 Å². The van der Waals surface area contributed by atoms with Crippen molar-refractivity contribution in [3.8, 4) is 0 Å². The standard InChI is InChI=1S/C22H17Cl3FN3O3S/c23-16-9-10-19(25)21(11-16)33(31,32)29(13-15-5-2-1-3-6-15)14-22(30)28-27-12-17-18(24)7-4-8-20(17)26/h1-12H,13-14H2,(H,28,30)/b27-12+. The second-order valence-corrected chi connectivity index (χ2v) is 9.92. The molecule has 0 aliphatic rings. The molecule has 0 radical (unpaired) electrons. The van der Waals surface area contributed by atoms with Gasteiger partial charge in [0.15, 0.2) is 0 Å². The van der Waals surface area contributed by atoms with Crippen LogP contribution in [0, 0.1) is 5.82 Å². The van der Waals surface area contributed by atoms with Gasteiger partial charge in [-0.3, -0.25) is 4.79 Å². The van der Waals surface area contributed by atoms with Gasteiger partial charge >= 0.3 is 0 Å². The molecule has 1 N–H and O–H groups in total. The van der Waals surface area contributed by atoms with Crippen LogP contribution in [0.2, 0.25) is 15.1 Å². The van der Waals surface area contributed by atoms with Gasteiger partial charge in [0.25, 0.3) is 5.91 Å². The van der Waals surface area contributed by atoms with E-state index in [-0.39, 0.29) is 32.1 Å². The molecule has 6 nitrogen and oxygen atoms in total.